The van der Waals surface area contributed by atoms with E-state index in [9.17, 15) is 12.8 Å². The topological polar surface area (TPSA) is 86.1 Å². The number of benzene rings is 2. The van der Waals surface area contributed by atoms with Gasteiger partial charge in [0.25, 0.3) is 0 Å². The van der Waals surface area contributed by atoms with Crippen LogP contribution in [-0.2, 0) is 16.6 Å². The van der Waals surface area contributed by atoms with Crippen LogP contribution < -0.4 is 9.46 Å². The molecule has 0 saturated heterocycles. The molecule has 1 N–H and O–H groups in total. The number of ether oxygens (including phenoxy) is 1. The molecule has 154 valence electrons. The van der Waals surface area contributed by atoms with E-state index in [1.165, 1.54) is 30.3 Å². The zero-order chi connectivity index (χ0) is 21.2. The summed E-state index contributed by atoms with van der Waals surface area (Å²) in [5.74, 6) is 0.394. The van der Waals surface area contributed by atoms with Gasteiger partial charge in [0.2, 0.25) is 10.0 Å². The van der Waals surface area contributed by atoms with Gasteiger partial charge in [-0.3, -0.25) is 4.57 Å². The molecule has 1 heterocycles. The molecule has 0 spiro atoms. The van der Waals surface area contributed by atoms with E-state index in [1.54, 1.807) is 30.5 Å². The van der Waals surface area contributed by atoms with Crippen molar-refractivity contribution in [1.29, 1.82) is 0 Å². The van der Waals surface area contributed by atoms with Crippen molar-refractivity contribution >= 4 is 21.6 Å². The van der Waals surface area contributed by atoms with Gasteiger partial charge in [0.05, 0.1) is 10.9 Å². The van der Waals surface area contributed by atoms with Gasteiger partial charge in [-0.1, -0.05) is 22.8 Å². The fourth-order valence-electron chi connectivity index (χ4n) is 2.83. The van der Waals surface area contributed by atoms with Crippen LogP contribution in [0.15, 0.2) is 47.4 Å². The number of sulfonamides is 1. The minimum Gasteiger partial charge on any atom is -0.424 e. The van der Waals surface area contributed by atoms with Crippen molar-refractivity contribution in [1.82, 2.24) is 19.5 Å². The molecule has 29 heavy (non-hydrogen) atoms. The standard InChI is InChI=1S/C19H20ClFN4O3S/c1-4-25-18(22-23-19(25)28-15-10-8-14(21)9-11-15)13(3)24-29(26,27)17-7-5-6-16(20)12(17)2/h5-11,13,24H,4H2,1-3H3/t13-/m1/s1. The van der Waals surface area contributed by atoms with Crippen LogP contribution >= 0.6 is 11.6 Å². The summed E-state index contributed by atoms with van der Waals surface area (Å²) in [5, 5.41) is 8.45. The van der Waals surface area contributed by atoms with E-state index >= 15 is 0 Å². The van der Waals surface area contributed by atoms with Gasteiger partial charge in [0.1, 0.15) is 11.6 Å². The highest BCUT2D eigenvalue weighted by atomic mass is 35.5. The van der Waals surface area contributed by atoms with E-state index in [2.05, 4.69) is 14.9 Å². The zero-order valence-electron chi connectivity index (χ0n) is 16.1. The van der Waals surface area contributed by atoms with E-state index in [1.807, 2.05) is 6.92 Å². The lowest BCUT2D eigenvalue weighted by Crippen LogP contribution is -2.29. The molecule has 0 aliphatic rings. The van der Waals surface area contributed by atoms with E-state index < -0.39 is 16.1 Å². The molecule has 0 amide bonds. The van der Waals surface area contributed by atoms with Crippen LogP contribution in [0, 0.1) is 12.7 Å². The predicted molar refractivity (Wildman–Crippen MR) is 107 cm³/mol. The first kappa shape index (κ1) is 21.2. The Balaban J connectivity index is 1.85. The van der Waals surface area contributed by atoms with Gasteiger partial charge in [-0.25, -0.2) is 17.5 Å². The zero-order valence-corrected chi connectivity index (χ0v) is 17.6. The third-order valence-corrected chi connectivity index (χ3v) is 6.41. The van der Waals surface area contributed by atoms with Crippen LogP contribution in [0.3, 0.4) is 0 Å². The Labute approximate surface area is 173 Å². The Morgan fingerprint density at radius 2 is 1.90 bits per heavy atom. The maximum Gasteiger partial charge on any atom is 0.322 e. The highest BCUT2D eigenvalue weighted by Gasteiger charge is 2.25. The summed E-state index contributed by atoms with van der Waals surface area (Å²) < 4.78 is 48.6. The minimum absolute atomic E-state index is 0.0993. The highest BCUT2D eigenvalue weighted by Crippen LogP contribution is 2.26. The van der Waals surface area contributed by atoms with Gasteiger partial charge in [-0.15, -0.1) is 5.10 Å². The lowest BCUT2D eigenvalue weighted by Gasteiger charge is -2.16. The summed E-state index contributed by atoms with van der Waals surface area (Å²) in [7, 11) is -3.84. The van der Waals surface area contributed by atoms with Crippen LogP contribution in [-0.4, -0.2) is 23.2 Å². The molecule has 10 heteroatoms. The van der Waals surface area contributed by atoms with Crippen LogP contribution in [0.2, 0.25) is 5.02 Å². The van der Waals surface area contributed by atoms with Gasteiger partial charge in [-0.2, -0.15) is 0 Å². The minimum atomic E-state index is -3.84. The van der Waals surface area contributed by atoms with E-state index in [-0.39, 0.29) is 16.7 Å². The number of rotatable bonds is 7. The van der Waals surface area contributed by atoms with Crippen molar-refractivity contribution in [3.8, 4) is 11.8 Å². The fourth-order valence-corrected chi connectivity index (χ4v) is 4.53. The molecule has 0 aliphatic carbocycles. The van der Waals surface area contributed by atoms with Crippen molar-refractivity contribution in [2.45, 2.75) is 38.3 Å². The van der Waals surface area contributed by atoms with Crippen LogP contribution in [0.5, 0.6) is 11.8 Å². The molecule has 0 fully saturated rings. The second-order valence-corrected chi connectivity index (χ2v) is 8.44. The molecule has 0 saturated carbocycles. The summed E-state index contributed by atoms with van der Waals surface area (Å²) in [4.78, 5) is 0.0993. The summed E-state index contributed by atoms with van der Waals surface area (Å²) in [6, 6.07) is 9.68. The first-order chi connectivity index (χ1) is 13.7. The van der Waals surface area contributed by atoms with Crippen molar-refractivity contribution in [3.63, 3.8) is 0 Å². The molecular weight excluding hydrogens is 419 g/mol. The quantitative estimate of drug-likeness (QED) is 0.596. The monoisotopic (exact) mass is 438 g/mol. The van der Waals surface area contributed by atoms with Gasteiger partial charge >= 0.3 is 6.01 Å². The van der Waals surface area contributed by atoms with Crippen LogP contribution in [0.1, 0.15) is 31.3 Å². The SMILES string of the molecule is CCn1c(Oc2ccc(F)cc2)nnc1[C@@H](C)NS(=O)(=O)c1cccc(Cl)c1C. The number of aromatic nitrogens is 3. The Morgan fingerprint density at radius 3 is 2.55 bits per heavy atom. The molecule has 7 nitrogen and oxygen atoms in total. The van der Waals surface area contributed by atoms with Crippen molar-refractivity contribution in [2.75, 3.05) is 0 Å². The largest absolute Gasteiger partial charge is 0.424 e. The Morgan fingerprint density at radius 1 is 1.21 bits per heavy atom. The summed E-state index contributed by atoms with van der Waals surface area (Å²) in [6.07, 6.45) is 0. The summed E-state index contributed by atoms with van der Waals surface area (Å²) in [6.45, 7) is 5.61. The number of nitrogens with zero attached hydrogens (tertiary/aromatic N) is 3. The Bertz CT molecular complexity index is 1120. The maximum absolute atomic E-state index is 13.1. The normalized spacial score (nSPS) is 12.7. The lowest BCUT2D eigenvalue weighted by atomic mass is 10.2. The van der Waals surface area contributed by atoms with E-state index in [0.717, 1.165) is 0 Å². The van der Waals surface area contributed by atoms with Gasteiger partial charge in [-0.05, 0) is 62.7 Å². The molecule has 3 aromatic rings. The molecule has 1 aromatic heterocycles. The third kappa shape index (κ3) is 4.58. The number of halogens is 2. The van der Waals surface area contributed by atoms with E-state index in [4.69, 9.17) is 16.3 Å². The van der Waals surface area contributed by atoms with Crippen molar-refractivity contribution in [3.05, 3.63) is 64.7 Å². The first-order valence-electron chi connectivity index (χ1n) is 8.87. The van der Waals surface area contributed by atoms with Gasteiger partial charge < -0.3 is 4.74 Å². The molecule has 0 aliphatic heterocycles. The molecule has 3 rings (SSSR count). The summed E-state index contributed by atoms with van der Waals surface area (Å²) in [5.41, 5.74) is 0.464. The smallest absolute Gasteiger partial charge is 0.322 e. The molecule has 0 bridgehead atoms. The molecular formula is C19H20ClFN4O3S. The highest BCUT2D eigenvalue weighted by molar-refractivity contribution is 7.89. The van der Waals surface area contributed by atoms with Crippen molar-refractivity contribution < 1.29 is 17.5 Å². The molecule has 1 atom stereocenters. The van der Waals surface area contributed by atoms with E-state index in [0.29, 0.717) is 28.7 Å². The Hall–Kier alpha value is -2.49. The molecule has 0 radical (unpaired) electrons. The maximum atomic E-state index is 13.1. The van der Waals surface area contributed by atoms with Gasteiger partial charge in [0, 0.05) is 11.6 Å². The summed E-state index contributed by atoms with van der Waals surface area (Å²) >= 11 is 6.05. The Kier molecular flexibility index (Phi) is 6.21. The van der Waals surface area contributed by atoms with Crippen LogP contribution in [0.4, 0.5) is 4.39 Å². The first-order valence-corrected chi connectivity index (χ1v) is 10.7. The third-order valence-electron chi connectivity index (χ3n) is 4.31. The lowest BCUT2D eigenvalue weighted by molar-refractivity contribution is 0.407. The second kappa shape index (κ2) is 8.48. The fraction of sp³-hybridized carbons (Fsp3) is 0.263. The number of hydrogen-bond acceptors (Lipinski definition) is 5. The molecule has 2 aromatic carbocycles. The van der Waals surface area contributed by atoms with Crippen LogP contribution in [0.25, 0.3) is 0 Å². The number of hydrogen-bond donors (Lipinski definition) is 1. The van der Waals surface area contributed by atoms with Crippen molar-refractivity contribution in [2.24, 2.45) is 0 Å². The molecule has 0 unspecified atom stereocenters. The predicted octanol–water partition coefficient (Wildman–Crippen LogP) is 4.23. The number of nitrogens with one attached hydrogen (secondary N) is 1. The second-order valence-electron chi connectivity index (χ2n) is 6.35. The average molecular weight is 439 g/mol. The average Bonchev–Trinajstić information content (AvgIpc) is 3.08. The van der Waals surface area contributed by atoms with Gasteiger partial charge in [0.15, 0.2) is 5.82 Å².